The molecule has 20 nitrogen and oxygen atoms in total. The van der Waals surface area contributed by atoms with E-state index in [1.807, 2.05) is 0 Å². The van der Waals surface area contributed by atoms with E-state index in [4.69, 9.17) is 19.9 Å². The van der Waals surface area contributed by atoms with Gasteiger partial charge in [-0.05, 0) is 6.92 Å². The lowest BCUT2D eigenvalue weighted by Gasteiger charge is -2.48. The van der Waals surface area contributed by atoms with E-state index in [1.54, 1.807) is 0 Å². The molecule has 0 radical (unpaired) electrons. The summed E-state index contributed by atoms with van der Waals surface area (Å²) in [5.74, 6) is -3.50. The van der Waals surface area contributed by atoms with Gasteiger partial charge in [0.1, 0.15) is 78.6 Å². The van der Waals surface area contributed by atoms with Crippen LogP contribution < -0.4 is 16.4 Å². The van der Waals surface area contributed by atoms with Gasteiger partial charge >= 0.3 is 0 Å². The predicted octanol–water partition coefficient (Wildman–Crippen LogP) is -8.89. The van der Waals surface area contributed by atoms with Crippen LogP contribution in [0.25, 0.3) is 0 Å². The van der Waals surface area contributed by atoms with Crippen molar-refractivity contribution in [2.75, 3.05) is 19.0 Å². The number of carbonyl (C=O) groups is 2. The van der Waals surface area contributed by atoms with E-state index in [1.165, 1.54) is 6.92 Å². The molecule has 1 aliphatic carbocycles. The number of hydrogen-bond acceptors (Lipinski definition) is 19. The summed E-state index contributed by atoms with van der Waals surface area (Å²) in [5.41, 5.74) is 4.56. The number of aliphatic hydroxyl groups is 12. The van der Waals surface area contributed by atoms with Crippen LogP contribution >= 0.6 is 11.8 Å². The molecule has 3 aliphatic rings. The number of thioether (sulfide) groups is 1. The molecule has 16 N–H and O–H groups in total. The smallest absolute Gasteiger partial charge is 0.243 e. The summed E-state index contributed by atoms with van der Waals surface area (Å²) < 4.78 is 16.9. The lowest BCUT2D eigenvalue weighted by molar-refractivity contribution is -0.315. The summed E-state index contributed by atoms with van der Waals surface area (Å²) in [5, 5.41) is 128. The van der Waals surface area contributed by atoms with Crippen molar-refractivity contribution < 1.29 is 85.1 Å². The Labute approximate surface area is 273 Å². The molecule has 3 fully saturated rings. The molecule has 47 heavy (non-hydrogen) atoms. The van der Waals surface area contributed by atoms with E-state index in [0.717, 1.165) is 18.7 Å². The molecule has 274 valence electrons. The SMILES string of the molecule is CC(=O)N[C@@H](CS[C@H]1OC([C@H](N)[C@@H](C)O)[C@H](O)C(O)C1O)C(=O)NC1C(O)[C@H](O)C(CO)O[C@@H]1O[C@H]1C(O)C(O)[C@H](O)C(O)C1CO. The van der Waals surface area contributed by atoms with E-state index in [2.05, 4.69) is 10.6 Å². The fourth-order valence-electron chi connectivity index (χ4n) is 5.69. The van der Waals surface area contributed by atoms with Gasteiger partial charge in [-0.2, -0.15) is 0 Å². The molecule has 19 atom stereocenters. The third-order valence-corrected chi connectivity index (χ3v) is 9.85. The Kier molecular flexibility index (Phi) is 14.5. The van der Waals surface area contributed by atoms with E-state index in [-0.39, 0.29) is 5.75 Å². The van der Waals surface area contributed by atoms with Crippen LogP contribution in [0.2, 0.25) is 0 Å². The van der Waals surface area contributed by atoms with E-state index >= 15 is 0 Å². The topological polar surface area (TPSA) is 355 Å². The number of aliphatic hydroxyl groups excluding tert-OH is 12. The highest BCUT2D eigenvalue weighted by Crippen LogP contribution is 2.33. The lowest BCUT2D eigenvalue weighted by atomic mass is 9.78. The molecule has 0 aromatic rings. The highest BCUT2D eigenvalue weighted by molar-refractivity contribution is 7.99. The average molecular weight is 706 g/mol. The van der Waals surface area contributed by atoms with Gasteiger partial charge in [-0.25, -0.2) is 0 Å². The molecule has 0 bridgehead atoms. The Balaban J connectivity index is 1.82. The van der Waals surface area contributed by atoms with Gasteiger partial charge in [-0.3, -0.25) is 9.59 Å². The van der Waals surface area contributed by atoms with Crippen LogP contribution in [-0.2, 0) is 23.8 Å². The first kappa shape index (κ1) is 40.1. The molecule has 2 aliphatic heterocycles. The average Bonchev–Trinajstić information content (AvgIpc) is 3.03. The number of rotatable bonds is 12. The Morgan fingerprint density at radius 3 is 1.98 bits per heavy atom. The largest absolute Gasteiger partial charge is 0.396 e. The Hall–Kier alpha value is -1.35. The molecule has 10 unspecified atom stereocenters. The third kappa shape index (κ3) is 8.88. The van der Waals surface area contributed by atoms with Crippen LogP contribution in [0.3, 0.4) is 0 Å². The van der Waals surface area contributed by atoms with Gasteiger partial charge in [0, 0.05) is 18.6 Å². The second-order valence-electron chi connectivity index (χ2n) is 12.0. The van der Waals surface area contributed by atoms with E-state index < -0.39 is 140 Å². The van der Waals surface area contributed by atoms with Gasteiger partial charge < -0.3 is 91.9 Å². The molecule has 1 saturated carbocycles. The van der Waals surface area contributed by atoms with Crippen molar-refractivity contribution in [3.05, 3.63) is 0 Å². The van der Waals surface area contributed by atoms with Crippen molar-refractivity contribution >= 4 is 23.6 Å². The lowest BCUT2D eigenvalue weighted by Crippen LogP contribution is -2.69. The van der Waals surface area contributed by atoms with Crippen molar-refractivity contribution in [2.45, 2.75) is 123 Å². The minimum atomic E-state index is -1.95. The van der Waals surface area contributed by atoms with Crippen LogP contribution in [0, 0.1) is 5.92 Å². The van der Waals surface area contributed by atoms with Crippen LogP contribution in [-0.4, -0.2) is 201 Å². The Morgan fingerprint density at radius 1 is 0.830 bits per heavy atom. The van der Waals surface area contributed by atoms with Gasteiger partial charge in [0.25, 0.3) is 0 Å². The maximum atomic E-state index is 13.5. The molecule has 2 heterocycles. The number of carbonyl (C=O) groups excluding carboxylic acids is 2. The quantitative estimate of drug-likeness (QED) is 0.0896. The van der Waals surface area contributed by atoms with Crippen LogP contribution in [0.5, 0.6) is 0 Å². The normalized spacial score (nSPS) is 44.7. The van der Waals surface area contributed by atoms with Crippen molar-refractivity contribution in [3.8, 4) is 0 Å². The summed E-state index contributed by atoms with van der Waals surface area (Å²) in [6.07, 6.45) is -23.9. The molecule has 3 rings (SSSR count). The third-order valence-electron chi connectivity index (χ3n) is 8.60. The first-order valence-electron chi connectivity index (χ1n) is 14.9. The molecule has 2 saturated heterocycles. The highest BCUT2D eigenvalue weighted by Gasteiger charge is 2.53. The number of ether oxygens (including phenoxy) is 3. The fourth-order valence-corrected chi connectivity index (χ4v) is 6.87. The minimum Gasteiger partial charge on any atom is -0.396 e. The molecule has 0 aromatic carbocycles. The van der Waals surface area contributed by atoms with Crippen LogP contribution in [0.1, 0.15) is 13.8 Å². The summed E-state index contributed by atoms with van der Waals surface area (Å²) in [4.78, 5) is 25.5. The first-order valence-corrected chi connectivity index (χ1v) is 15.9. The number of nitrogens with one attached hydrogen (secondary N) is 2. The highest BCUT2D eigenvalue weighted by atomic mass is 32.2. The van der Waals surface area contributed by atoms with E-state index in [0.29, 0.717) is 0 Å². The van der Waals surface area contributed by atoms with Crippen molar-refractivity contribution in [2.24, 2.45) is 11.7 Å². The van der Waals surface area contributed by atoms with Crippen molar-refractivity contribution in [3.63, 3.8) is 0 Å². The molecule has 2 amide bonds. The van der Waals surface area contributed by atoms with Gasteiger partial charge in [-0.15, -0.1) is 11.8 Å². The molecule has 0 aromatic heterocycles. The van der Waals surface area contributed by atoms with Crippen LogP contribution in [0.4, 0.5) is 0 Å². The number of amides is 2. The van der Waals surface area contributed by atoms with Gasteiger partial charge in [0.05, 0.1) is 37.6 Å². The zero-order chi connectivity index (χ0) is 35.5. The summed E-state index contributed by atoms with van der Waals surface area (Å²) in [6, 6.07) is -4.36. The summed E-state index contributed by atoms with van der Waals surface area (Å²) in [7, 11) is 0. The zero-order valence-corrected chi connectivity index (χ0v) is 26.3. The first-order chi connectivity index (χ1) is 22.0. The van der Waals surface area contributed by atoms with Crippen molar-refractivity contribution in [1.29, 1.82) is 0 Å². The predicted molar refractivity (Wildman–Crippen MR) is 156 cm³/mol. The molecular formula is C26H47N3O17S. The van der Waals surface area contributed by atoms with Gasteiger partial charge in [0.2, 0.25) is 11.8 Å². The molecule has 21 heteroatoms. The van der Waals surface area contributed by atoms with E-state index in [9.17, 15) is 70.9 Å². The van der Waals surface area contributed by atoms with Gasteiger partial charge in [-0.1, -0.05) is 0 Å². The maximum absolute atomic E-state index is 13.5. The van der Waals surface area contributed by atoms with Crippen LogP contribution in [0.15, 0.2) is 0 Å². The second-order valence-corrected chi connectivity index (χ2v) is 13.1. The number of nitrogens with two attached hydrogens (primary N) is 1. The summed E-state index contributed by atoms with van der Waals surface area (Å²) in [6.45, 7) is 0.689. The molecule has 0 spiro atoms. The second kappa shape index (κ2) is 17.0. The van der Waals surface area contributed by atoms with Crippen molar-refractivity contribution in [1.82, 2.24) is 10.6 Å². The molecular weight excluding hydrogens is 658 g/mol. The standard InChI is InChI=1S/C26H47N3O17S/c1-6(32)11(27)23-20(41)18(39)21(42)26(46-23)47-5-9(28-7(2)33)24(43)29-12-15(36)14(35)10(4-31)44-25(12)45-22-8(3-30)13(34)16(37)17(38)19(22)40/h6,8-23,25-26,30-32,34-42H,3-5,27H2,1-2H3,(H,28,33)(H,29,43)/t6-,8?,9+,10?,11-,12?,13?,14-,15?,16-,17?,18?,19?,20-,21?,22-,23?,25-,26-/m1/s1. The monoisotopic (exact) mass is 705 g/mol. The van der Waals surface area contributed by atoms with Gasteiger partial charge in [0.15, 0.2) is 6.29 Å². The Bertz CT molecular complexity index is 1040. The minimum absolute atomic E-state index is 0.367. The summed E-state index contributed by atoms with van der Waals surface area (Å²) >= 11 is 0.720. The zero-order valence-electron chi connectivity index (χ0n) is 25.5. The maximum Gasteiger partial charge on any atom is 0.243 e. The Morgan fingerprint density at radius 2 is 1.43 bits per heavy atom. The fraction of sp³-hybridized carbons (Fsp3) is 0.923. The number of hydrogen-bond donors (Lipinski definition) is 15.